The van der Waals surface area contributed by atoms with Gasteiger partial charge in [-0.05, 0) is 50.7 Å². The van der Waals surface area contributed by atoms with Gasteiger partial charge in [0.05, 0.1) is 11.2 Å². The Kier molecular flexibility index (Phi) is 2.63. The fourth-order valence-corrected chi connectivity index (χ4v) is 3.16. The van der Waals surface area contributed by atoms with Gasteiger partial charge in [-0.1, -0.05) is 0 Å². The zero-order valence-electron chi connectivity index (χ0n) is 10.4. The maximum atomic E-state index is 12.2. The van der Waals surface area contributed by atoms with Gasteiger partial charge in [0.15, 0.2) is 0 Å². The quantitative estimate of drug-likeness (QED) is 0.834. The molecule has 3 aliphatic rings. The third kappa shape index (κ3) is 2.01. The Labute approximate surface area is 106 Å². The zero-order valence-corrected chi connectivity index (χ0v) is 10.4. The molecule has 4 nitrogen and oxygen atoms in total. The van der Waals surface area contributed by atoms with Gasteiger partial charge in [0.1, 0.15) is 0 Å². The Bertz CT molecular complexity index is 434. The molecular weight excluding hydrogens is 228 g/mol. The van der Waals surface area contributed by atoms with Gasteiger partial charge < -0.3 is 10.4 Å². The summed E-state index contributed by atoms with van der Waals surface area (Å²) in [5.74, 6) is -0.0459. The molecule has 3 fully saturated rings. The van der Waals surface area contributed by atoms with E-state index in [1.54, 1.807) is 24.5 Å². The second kappa shape index (κ2) is 4.05. The molecule has 2 N–H and O–H groups in total. The summed E-state index contributed by atoms with van der Waals surface area (Å²) < 4.78 is 0. The topological polar surface area (TPSA) is 62.2 Å². The van der Waals surface area contributed by atoms with Crippen LogP contribution in [0, 0.1) is 0 Å². The Morgan fingerprint density at radius 2 is 1.89 bits per heavy atom. The second-order valence-electron chi connectivity index (χ2n) is 5.70. The van der Waals surface area contributed by atoms with E-state index in [1.165, 1.54) is 0 Å². The number of nitrogens with zero attached hydrogens (tertiary/aromatic N) is 1. The lowest BCUT2D eigenvalue weighted by Gasteiger charge is -2.51. The van der Waals surface area contributed by atoms with Crippen LogP contribution in [0.15, 0.2) is 24.5 Å². The van der Waals surface area contributed by atoms with Crippen molar-refractivity contribution < 1.29 is 9.90 Å². The first-order valence-corrected chi connectivity index (χ1v) is 6.56. The minimum absolute atomic E-state index is 0.0459. The van der Waals surface area contributed by atoms with Crippen molar-refractivity contribution in [1.82, 2.24) is 10.3 Å². The molecule has 0 radical (unpaired) electrons. The molecule has 1 amide bonds. The summed E-state index contributed by atoms with van der Waals surface area (Å²) in [6.07, 6.45) is 8.33. The first-order chi connectivity index (χ1) is 8.61. The van der Waals surface area contributed by atoms with Crippen LogP contribution in [0.4, 0.5) is 0 Å². The molecule has 0 spiro atoms. The monoisotopic (exact) mass is 246 g/mol. The molecule has 4 rings (SSSR count). The molecule has 0 aliphatic heterocycles. The molecule has 1 heterocycles. The lowest BCUT2D eigenvalue weighted by Crippen LogP contribution is -2.58. The Morgan fingerprint density at radius 1 is 1.22 bits per heavy atom. The fourth-order valence-electron chi connectivity index (χ4n) is 3.16. The molecule has 2 bridgehead atoms. The molecule has 0 unspecified atom stereocenters. The first-order valence-electron chi connectivity index (χ1n) is 6.56. The lowest BCUT2D eigenvalue weighted by molar-refractivity contribution is -0.0702. The number of hydrogen-bond acceptors (Lipinski definition) is 3. The third-order valence-electron chi connectivity index (χ3n) is 4.51. The number of rotatable bonds is 2. The highest BCUT2D eigenvalue weighted by Crippen LogP contribution is 2.46. The Morgan fingerprint density at radius 3 is 2.44 bits per heavy atom. The van der Waals surface area contributed by atoms with Crippen LogP contribution in [-0.2, 0) is 0 Å². The van der Waals surface area contributed by atoms with Crippen LogP contribution in [0.5, 0.6) is 0 Å². The number of pyridine rings is 1. The van der Waals surface area contributed by atoms with Crippen LogP contribution >= 0.6 is 0 Å². The van der Waals surface area contributed by atoms with Crippen molar-refractivity contribution in [3.63, 3.8) is 0 Å². The number of hydrogen-bond donors (Lipinski definition) is 2. The van der Waals surface area contributed by atoms with Gasteiger partial charge in [0, 0.05) is 17.9 Å². The number of carbonyl (C=O) groups is 1. The molecular formula is C14H18N2O2. The highest BCUT2D eigenvalue weighted by molar-refractivity contribution is 5.94. The van der Waals surface area contributed by atoms with Crippen LogP contribution in [0.1, 0.15) is 48.9 Å². The third-order valence-corrected chi connectivity index (χ3v) is 4.51. The summed E-state index contributed by atoms with van der Waals surface area (Å²) in [6, 6.07) is 3.55. The van der Waals surface area contributed by atoms with E-state index in [1.807, 2.05) is 0 Å². The molecule has 3 saturated carbocycles. The molecule has 96 valence electrons. The van der Waals surface area contributed by atoms with Crippen molar-refractivity contribution in [3.05, 3.63) is 30.1 Å². The normalized spacial score (nSPS) is 34.3. The summed E-state index contributed by atoms with van der Waals surface area (Å²) in [7, 11) is 0. The van der Waals surface area contributed by atoms with Crippen LogP contribution in [-0.4, -0.2) is 27.1 Å². The predicted octanol–water partition coefficient (Wildman–Crippen LogP) is 1.65. The van der Waals surface area contributed by atoms with E-state index < -0.39 is 5.60 Å². The first kappa shape index (κ1) is 11.7. The second-order valence-corrected chi connectivity index (χ2v) is 5.70. The summed E-state index contributed by atoms with van der Waals surface area (Å²) in [6.45, 7) is 0. The zero-order chi connectivity index (χ0) is 12.6. The van der Waals surface area contributed by atoms with Crippen molar-refractivity contribution >= 4 is 5.91 Å². The van der Waals surface area contributed by atoms with Crippen LogP contribution in [0.25, 0.3) is 0 Å². The van der Waals surface area contributed by atoms with Gasteiger partial charge in [-0.2, -0.15) is 0 Å². The number of carbonyl (C=O) groups excluding carboxylic acids is 1. The maximum absolute atomic E-state index is 12.2. The molecule has 3 aliphatic carbocycles. The number of nitrogens with one attached hydrogen (secondary N) is 1. The number of amides is 1. The van der Waals surface area contributed by atoms with Gasteiger partial charge >= 0.3 is 0 Å². The minimum atomic E-state index is -0.458. The molecule has 0 saturated heterocycles. The van der Waals surface area contributed by atoms with E-state index in [0.717, 1.165) is 38.5 Å². The van der Waals surface area contributed by atoms with Crippen LogP contribution in [0.2, 0.25) is 0 Å². The average Bonchev–Trinajstić information content (AvgIpc) is 2.42. The van der Waals surface area contributed by atoms with Crippen molar-refractivity contribution in [1.29, 1.82) is 0 Å². The summed E-state index contributed by atoms with van der Waals surface area (Å²) in [5.41, 5.74) is 0.0522. The highest BCUT2D eigenvalue weighted by Gasteiger charge is 2.48. The van der Waals surface area contributed by atoms with Gasteiger partial charge in [-0.3, -0.25) is 9.78 Å². The molecule has 0 aromatic carbocycles. The van der Waals surface area contributed by atoms with Gasteiger partial charge in [0.2, 0.25) is 0 Å². The van der Waals surface area contributed by atoms with Gasteiger partial charge in [-0.15, -0.1) is 0 Å². The standard InChI is InChI=1S/C14H18N2O2/c17-12(11-2-1-9-15-10-11)16-13-3-6-14(18,7-4-13)8-5-13/h1-2,9-10,18H,3-8H2,(H,16,17). The van der Waals surface area contributed by atoms with Crippen LogP contribution in [0.3, 0.4) is 0 Å². The number of aromatic nitrogens is 1. The van der Waals surface area contributed by atoms with Gasteiger partial charge in [-0.25, -0.2) is 0 Å². The predicted molar refractivity (Wildman–Crippen MR) is 67.1 cm³/mol. The minimum Gasteiger partial charge on any atom is -0.390 e. The summed E-state index contributed by atoms with van der Waals surface area (Å²) in [5, 5.41) is 13.3. The molecule has 4 heteroatoms. The Balaban J connectivity index is 1.72. The van der Waals surface area contributed by atoms with E-state index in [2.05, 4.69) is 10.3 Å². The molecule has 1 aromatic rings. The molecule has 18 heavy (non-hydrogen) atoms. The van der Waals surface area contributed by atoms with E-state index >= 15 is 0 Å². The van der Waals surface area contributed by atoms with E-state index in [4.69, 9.17) is 0 Å². The largest absolute Gasteiger partial charge is 0.390 e. The molecule has 0 atom stereocenters. The SMILES string of the molecule is O=C(NC12CCC(O)(CC1)CC2)c1cccnc1. The smallest absolute Gasteiger partial charge is 0.253 e. The van der Waals surface area contributed by atoms with E-state index in [-0.39, 0.29) is 11.4 Å². The summed E-state index contributed by atoms with van der Waals surface area (Å²) >= 11 is 0. The Hall–Kier alpha value is -1.42. The van der Waals surface area contributed by atoms with E-state index in [0.29, 0.717) is 5.56 Å². The highest BCUT2D eigenvalue weighted by atomic mass is 16.3. The lowest BCUT2D eigenvalue weighted by atomic mass is 9.63. The molecule has 1 aromatic heterocycles. The van der Waals surface area contributed by atoms with Crippen molar-refractivity contribution in [2.75, 3.05) is 0 Å². The van der Waals surface area contributed by atoms with Crippen molar-refractivity contribution in [3.8, 4) is 0 Å². The van der Waals surface area contributed by atoms with Gasteiger partial charge in [0.25, 0.3) is 5.91 Å². The number of aliphatic hydroxyl groups is 1. The van der Waals surface area contributed by atoms with Crippen molar-refractivity contribution in [2.24, 2.45) is 0 Å². The van der Waals surface area contributed by atoms with Crippen molar-refractivity contribution in [2.45, 2.75) is 49.7 Å². The average molecular weight is 246 g/mol. The number of fused-ring (bicyclic) bond motifs is 3. The fraction of sp³-hybridized carbons (Fsp3) is 0.571. The van der Waals surface area contributed by atoms with Crippen LogP contribution < -0.4 is 5.32 Å². The summed E-state index contributed by atoms with van der Waals surface area (Å²) in [4.78, 5) is 16.1. The maximum Gasteiger partial charge on any atom is 0.253 e. The van der Waals surface area contributed by atoms with E-state index in [9.17, 15) is 9.90 Å².